The molecule has 15 heteroatoms. The normalized spacial score (nSPS) is 15.0. The van der Waals surface area contributed by atoms with E-state index in [0.29, 0.717) is 16.7 Å². The van der Waals surface area contributed by atoms with Crippen LogP contribution < -0.4 is 8.92 Å². The van der Waals surface area contributed by atoms with Crippen molar-refractivity contribution in [3.05, 3.63) is 112 Å². The van der Waals surface area contributed by atoms with E-state index in [0.717, 1.165) is 24.3 Å². The fourth-order valence-corrected chi connectivity index (χ4v) is 6.02. The second-order valence-corrected chi connectivity index (χ2v) is 13.3. The first-order valence-corrected chi connectivity index (χ1v) is 15.5. The molecule has 0 spiro atoms. The summed E-state index contributed by atoms with van der Waals surface area (Å²) in [6, 6.07) is 11.9. The van der Waals surface area contributed by atoms with Gasteiger partial charge in [-0.2, -0.15) is 30.4 Å². The van der Waals surface area contributed by atoms with Gasteiger partial charge < -0.3 is 13.7 Å². The van der Waals surface area contributed by atoms with Crippen LogP contribution in [0, 0.1) is 29.1 Å². The van der Waals surface area contributed by atoms with Crippen LogP contribution in [0.2, 0.25) is 0 Å². The van der Waals surface area contributed by atoms with Gasteiger partial charge in [-0.1, -0.05) is 24.3 Å². The summed E-state index contributed by atoms with van der Waals surface area (Å²) in [7, 11) is -5.19. The quantitative estimate of drug-likeness (QED) is 0.0659. The number of rotatable bonds is 6. The SMILES string of the molecule is CC(C)(C)OC(=O)c1ccc(-c2cc(C(F)(F)F)ccc2[C@H]2CCOc3cc(S(=O)(=O)Oc4c(F)c(F)c(F)c(F)c4F)ccc32)cc1. The summed E-state index contributed by atoms with van der Waals surface area (Å²) in [4.78, 5) is 11.7. The van der Waals surface area contributed by atoms with E-state index in [1.54, 1.807) is 20.8 Å². The highest BCUT2D eigenvalue weighted by atomic mass is 32.2. The van der Waals surface area contributed by atoms with Crippen molar-refractivity contribution in [1.82, 2.24) is 0 Å². The van der Waals surface area contributed by atoms with E-state index in [1.807, 2.05) is 0 Å². The summed E-state index contributed by atoms with van der Waals surface area (Å²) in [5.74, 6) is -15.8. The molecule has 0 radical (unpaired) electrons. The van der Waals surface area contributed by atoms with Gasteiger partial charge >= 0.3 is 22.3 Å². The molecule has 0 aromatic heterocycles. The molecule has 0 N–H and O–H groups in total. The first kappa shape index (κ1) is 34.7. The van der Waals surface area contributed by atoms with Crippen molar-refractivity contribution in [2.24, 2.45) is 0 Å². The van der Waals surface area contributed by atoms with Crippen LogP contribution in [-0.4, -0.2) is 26.6 Å². The van der Waals surface area contributed by atoms with E-state index in [9.17, 15) is 48.3 Å². The molecule has 4 aromatic rings. The number of halogens is 8. The highest BCUT2D eigenvalue weighted by Gasteiger charge is 2.35. The predicted molar refractivity (Wildman–Crippen MR) is 154 cm³/mol. The van der Waals surface area contributed by atoms with Crippen molar-refractivity contribution >= 4 is 16.1 Å². The number of esters is 1. The molecule has 0 saturated heterocycles. The maximum atomic E-state index is 14.1. The van der Waals surface area contributed by atoms with Crippen LogP contribution in [0.25, 0.3) is 11.1 Å². The number of fused-ring (bicyclic) bond motifs is 1. The third-order valence-electron chi connectivity index (χ3n) is 7.26. The number of hydrogen-bond acceptors (Lipinski definition) is 6. The molecule has 0 saturated carbocycles. The van der Waals surface area contributed by atoms with Gasteiger partial charge in [0.05, 0.1) is 17.7 Å². The maximum Gasteiger partial charge on any atom is 0.416 e. The van der Waals surface area contributed by atoms with E-state index in [-0.39, 0.29) is 29.9 Å². The topological polar surface area (TPSA) is 78.9 Å². The molecule has 1 heterocycles. The number of carbonyl (C=O) groups is 1. The van der Waals surface area contributed by atoms with Gasteiger partial charge in [0, 0.05) is 17.5 Å². The van der Waals surface area contributed by atoms with E-state index in [4.69, 9.17) is 9.47 Å². The van der Waals surface area contributed by atoms with Gasteiger partial charge in [-0.25, -0.2) is 18.0 Å². The largest absolute Gasteiger partial charge is 0.493 e. The number of alkyl halides is 3. The van der Waals surface area contributed by atoms with E-state index >= 15 is 0 Å². The van der Waals surface area contributed by atoms with Crippen LogP contribution in [0.15, 0.2) is 65.6 Å². The molecule has 4 aromatic carbocycles. The van der Waals surface area contributed by atoms with Gasteiger partial charge in [-0.05, 0) is 74.2 Å². The zero-order valence-corrected chi connectivity index (χ0v) is 26.0. The first-order valence-electron chi connectivity index (χ1n) is 14.1. The number of hydrogen-bond donors (Lipinski definition) is 0. The number of carbonyl (C=O) groups excluding carboxylic acids is 1. The van der Waals surface area contributed by atoms with Crippen molar-refractivity contribution in [1.29, 1.82) is 0 Å². The van der Waals surface area contributed by atoms with Crippen molar-refractivity contribution < 1.29 is 62.0 Å². The summed E-state index contributed by atoms with van der Waals surface area (Å²) >= 11 is 0. The Hall–Kier alpha value is -4.66. The van der Waals surface area contributed by atoms with Crippen LogP contribution in [0.3, 0.4) is 0 Å². The van der Waals surface area contributed by atoms with Crippen molar-refractivity contribution in [3.8, 4) is 22.6 Å². The summed E-state index contributed by atoms with van der Waals surface area (Å²) in [5, 5.41) is 0. The second-order valence-electron chi connectivity index (χ2n) is 11.7. The highest BCUT2D eigenvalue weighted by Crippen LogP contribution is 2.45. The smallest absolute Gasteiger partial charge is 0.416 e. The molecule has 254 valence electrons. The van der Waals surface area contributed by atoms with Crippen molar-refractivity contribution in [2.45, 2.75) is 49.8 Å². The van der Waals surface area contributed by atoms with E-state index in [1.165, 1.54) is 36.4 Å². The van der Waals surface area contributed by atoms with Gasteiger partial charge in [-0.15, -0.1) is 0 Å². The minimum absolute atomic E-state index is 0.0439. The molecule has 0 unspecified atom stereocenters. The Labute approximate surface area is 269 Å². The lowest BCUT2D eigenvalue weighted by molar-refractivity contribution is -0.137. The molecule has 0 fully saturated rings. The first-order chi connectivity index (χ1) is 22.3. The lowest BCUT2D eigenvalue weighted by Gasteiger charge is -2.29. The predicted octanol–water partition coefficient (Wildman–Crippen LogP) is 8.71. The molecule has 0 bridgehead atoms. The molecular formula is C33H24F8O6S. The zero-order chi connectivity index (χ0) is 35.3. The van der Waals surface area contributed by atoms with Gasteiger partial charge in [0.1, 0.15) is 16.2 Å². The molecule has 0 aliphatic carbocycles. The lowest BCUT2D eigenvalue weighted by atomic mass is 9.82. The second kappa shape index (κ2) is 12.4. The number of benzene rings is 4. The molecule has 1 aliphatic rings. The summed E-state index contributed by atoms with van der Waals surface area (Å²) in [5.41, 5.74) is -0.364. The molecular weight excluding hydrogens is 676 g/mol. The van der Waals surface area contributed by atoms with Crippen LogP contribution >= 0.6 is 0 Å². The summed E-state index contributed by atoms with van der Waals surface area (Å²) in [6.45, 7) is 4.99. The van der Waals surface area contributed by atoms with Crippen LogP contribution in [0.4, 0.5) is 35.1 Å². The lowest BCUT2D eigenvalue weighted by Crippen LogP contribution is -2.23. The monoisotopic (exact) mass is 700 g/mol. The molecule has 5 rings (SSSR count). The fourth-order valence-electron chi connectivity index (χ4n) is 5.07. The Morgan fingerprint density at radius 1 is 0.792 bits per heavy atom. The molecule has 1 aliphatic heterocycles. The zero-order valence-electron chi connectivity index (χ0n) is 25.1. The molecule has 0 amide bonds. The Bertz CT molecular complexity index is 1990. The number of ether oxygens (including phenoxy) is 2. The van der Waals surface area contributed by atoms with Crippen molar-refractivity contribution in [2.75, 3.05) is 6.61 Å². The van der Waals surface area contributed by atoms with Gasteiger partial charge in [0.25, 0.3) is 0 Å². The molecule has 6 nitrogen and oxygen atoms in total. The Kier molecular flexibility index (Phi) is 8.97. The third-order valence-corrected chi connectivity index (χ3v) is 8.48. The molecule has 1 atom stereocenters. The summed E-state index contributed by atoms with van der Waals surface area (Å²) in [6.07, 6.45) is -4.47. The Morgan fingerprint density at radius 2 is 1.38 bits per heavy atom. The summed E-state index contributed by atoms with van der Waals surface area (Å²) < 4.78 is 151. The molecule has 48 heavy (non-hydrogen) atoms. The van der Waals surface area contributed by atoms with Crippen LogP contribution in [0.5, 0.6) is 11.5 Å². The maximum absolute atomic E-state index is 14.1. The minimum Gasteiger partial charge on any atom is -0.493 e. The van der Waals surface area contributed by atoms with Gasteiger partial charge in [0.2, 0.25) is 34.8 Å². The fraction of sp³-hybridized carbons (Fsp3) is 0.242. The van der Waals surface area contributed by atoms with Gasteiger partial charge in [0.15, 0.2) is 0 Å². The average Bonchev–Trinajstić information content (AvgIpc) is 3.03. The average molecular weight is 701 g/mol. The van der Waals surface area contributed by atoms with Gasteiger partial charge in [-0.3, -0.25) is 0 Å². The van der Waals surface area contributed by atoms with Crippen molar-refractivity contribution in [3.63, 3.8) is 0 Å². The van der Waals surface area contributed by atoms with E-state index in [2.05, 4.69) is 4.18 Å². The third kappa shape index (κ3) is 6.82. The van der Waals surface area contributed by atoms with Crippen LogP contribution in [-0.2, 0) is 21.0 Å². The Morgan fingerprint density at radius 3 is 1.96 bits per heavy atom. The van der Waals surface area contributed by atoms with E-state index < -0.39 is 79.1 Å². The standard InChI is InChI=1S/C33H24F8O6S/c1-32(2,3)46-31(42)17-6-4-16(5-7-17)23-14-18(33(39,40)41)8-10-20(23)21-12-13-45-24-15-19(9-11-22(21)24)48(43,44)47-30-28(37)26(35)25(34)27(36)29(30)38/h4-11,14-15,21H,12-13H2,1-3H3/t21-/m1/s1. The van der Waals surface area contributed by atoms with Crippen LogP contribution in [0.1, 0.15) is 60.2 Å². The highest BCUT2D eigenvalue weighted by molar-refractivity contribution is 7.87. The minimum atomic E-state index is -5.19. The Balaban J connectivity index is 1.54.